The fourth-order valence-electron chi connectivity index (χ4n) is 2.79. The van der Waals surface area contributed by atoms with Gasteiger partial charge < -0.3 is 4.52 Å². The molecule has 0 spiro atoms. The maximum atomic E-state index is 13.7. The normalized spacial score (nSPS) is 19.7. The molecule has 2 aromatic rings. The maximum absolute atomic E-state index is 13.7. The van der Waals surface area contributed by atoms with Crippen LogP contribution >= 0.6 is 0 Å². The lowest BCUT2D eigenvalue weighted by Gasteiger charge is -2.37. The number of rotatable bonds is 3. The molecule has 7 heteroatoms. The maximum Gasteiger partial charge on any atom is 0.245 e. The minimum atomic E-state index is -0.469. The Bertz CT molecular complexity index is 738. The number of nitriles is 1. The summed E-state index contributed by atoms with van der Waals surface area (Å²) in [4.78, 5) is 8.73. The molecule has 0 N–H and O–H groups in total. The molecule has 1 aromatic carbocycles. The second-order valence-electron chi connectivity index (χ2n) is 5.84. The number of hydrogen-bond donors (Lipinski definition) is 0. The second-order valence-corrected chi connectivity index (χ2v) is 5.84. The molecule has 23 heavy (non-hydrogen) atoms. The van der Waals surface area contributed by atoms with Crippen LogP contribution in [0.15, 0.2) is 22.7 Å². The topological polar surface area (TPSA) is 69.2 Å². The number of nitrogens with zero attached hydrogens (tertiary/aromatic N) is 5. The highest BCUT2D eigenvalue weighted by molar-refractivity contribution is 5.33. The molecule has 120 valence electrons. The van der Waals surface area contributed by atoms with Gasteiger partial charge in [0, 0.05) is 26.2 Å². The van der Waals surface area contributed by atoms with Gasteiger partial charge in [-0.3, -0.25) is 9.80 Å². The lowest BCUT2D eigenvalue weighted by atomic mass is 10.1. The summed E-state index contributed by atoms with van der Waals surface area (Å²) in [6.45, 7) is 4.90. The smallest absolute Gasteiger partial charge is 0.245 e. The summed E-state index contributed by atoms with van der Waals surface area (Å²) in [6.07, 6.45) is 0. The van der Waals surface area contributed by atoms with Gasteiger partial charge >= 0.3 is 0 Å². The van der Waals surface area contributed by atoms with E-state index in [0.29, 0.717) is 18.3 Å². The summed E-state index contributed by atoms with van der Waals surface area (Å²) in [5.41, 5.74) is 0.929. The third-order valence-corrected chi connectivity index (χ3v) is 4.12. The van der Waals surface area contributed by atoms with E-state index in [1.54, 1.807) is 13.0 Å². The van der Waals surface area contributed by atoms with Crippen LogP contribution in [0, 0.1) is 24.1 Å². The zero-order valence-electron chi connectivity index (χ0n) is 13.2. The van der Waals surface area contributed by atoms with Crippen molar-refractivity contribution in [3.8, 4) is 6.07 Å². The van der Waals surface area contributed by atoms with Gasteiger partial charge in [-0.05, 0) is 31.7 Å². The molecule has 1 aliphatic heterocycles. The Morgan fingerprint density at radius 1 is 1.43 bits per heavy atom. The fraction of sp³-hybridized carbons (Fsp3) is 0.438. The summed E-state index contributed by atoms with van der Waals surface area (Å²) in [7, 11) is 2.03. The molecule has 1 aliphatic rings. The van der Waals surface area contributed by atoms with Crippen LogP contribution in [0.5, 0.6) is 0 Å². The van der Waals surface area contributed by atoms with Crippen LogP contribution < -0.4 is 0 Å². The van der Waals surface area contributed by atoms with Gasteiger partial charge in [0.2, 0.25) is 5.89 Å². The lowest BCUT2D eigenvalue weighted by Crippen LogP contribution is -2.46. The first-order chi connectivity index (χ1) is 11.1. The minimum absolute atomic E-state index is 0.0354. The first-order valence-corrected chi connectivity index (χ1v) is 7.48. The van der Waals surface area contributed by atoms with Crippen molar-refractivity contribution in [3.05, 3.63) is 46.9 Å². The molecule has 2 heterocycles. The minimum Gasteiger partial charge on any atom is -0.338 e. The largest absolute Gasteiger partial charge is 0.338 e. The summed E-state index contributed by atoms with van der Waals surface area (Å²) in [5.74, 6) is 0.767. The van der Waals surface area contributed by atoms with E-state index in [-0.39, 0.29) is 11.6 Å². The van der Waals surface area contributed by atoms with E-state index >= 15 is 0 Å². The van der Waals surface area contributed by atoms with Crippen LogP contribution in [0.2, 0.25) is 0 Å². The van der Waals surface area contributed by atoms with Gasteiger partial charge in [0.1, 0.15) is 17.9 Å². The number of hydrogen-bond acceptors (Lipinski definition) is 6. The van der Waals surface area contributed by atoms with Gasteiger partial charge in [0.15, 0.2) is 5.82 Å². The van der Waals surface area contributed by atoms with Crippen molar-refractivity contribution in [1.82, 2.24) is 19.9 Å². The number of piperazine rings is 1. The third-order valence-electron chi connectivity index (χ3n) is 4.12. The Morgan fingerprint density at radius 2 is 2.26 bits per heavy atom. The van der Waals surface area contributed by atoms with Gasteiger partial charge in [0.25, 0.3) is 0 Å². The van der Waals surface area contributed by atoms with E-state index in [1.807, 2.05) is 13.1 Å². The van der Waals surface area contributed by atoms with Crippen molar-refractivity contribution < 1.29 is 8.91 Å². The number of aromatic nitrogens is 2. The average molecular weight is 315 g/mol. The highest BCUT2D eigenvalue weighted by atomic mass is 19.1. The Kier molecular flexibility index (Phi) is 4.37. The van der Waals surface area contributed by atoms with E-state index in [1.165, 1.54) is 12.1 Å². The molecule has 1 fully saturated rings. The Morgan fingerprint density at radius 3 is 2.91 bits per heavy atom. The SMILES string of the molecule is Cc1noc([C@@H]2CN(Cc3ccc(C#N)c(F)c3)CCN2C)n1. The van der Waals surface area contributed by atoms with Crippen molar-refractivity contribution in [2.75, 3.05) is 26.7 Å². The van der Waals surface area contributed by atoms with E-state index in [0.717, 1.165) is 25.2 Å². The standard InChI is InChI=1S/C16H18FN5O/c1-11-19-16(23-20-11)15-10-22(6-5-21(15)2)9-12-3-4-13(8-18)14(17)7-12/h3-4,7,15H,5-6,9-10H2,1-2H3/t15-/m0/s1. The second kappa shape index (κ2) is 6.44. The van der Waals surface area contributed by atoms with E-state index < -0.39 is 5.82 Å². The molecular formula is C16H18FN5O. The van der Waals surface area contributed by atoms with Crippen LogP contribution in [0.25, 0.3) is 0 Å². The molecule has 0 saturated carbocycles. The summed E-state index contributed by atoms with van der Waals surface area (Å²) in [6, 6.07) is 6.63. The van der Waals surface area contributed by atoms with Crippen LogP contribution in [-0.4, -0.2) is 46.6 Å². The predicted octanol–water partition coefficient (Wildman–Crippen LogP) is 1.88. The van der Waals surface area contributed by atoms with Gasteiger partial charge in [-0.2, -0.15) is 10.2 Å². The van der Waals surface area contributed by atoms with Crippen LogP contribution in [0.3, 0.4) is 0 Å². The van der Waals surface area contributed by atoms with Gasteiger partial charge in [-0.1, -0.05) is 11.2 Å². The van der Waals surface area contributed by atoms with Gasteiger partial charge in [-0.25, -0.2) is 4.39 Å². The molecule has 3 rings (SSSR count). The number of likely N-dealkylation sites (N-methyl/N-ethyl adjacent to an activating group) is 1. The molecule has 0 unspecified atom stereocenters. The zero-order valence-corrected chi connectivity index (χ0v) is 13.2. The predicted molar refractivity (Wildman–Crippen MR) is 80.8 cm³/mol. The number of benzene rings is 1. The molecule has 1 saturated heterocycles. The first-order valence-electron chi connectivity index (χ1n) is 7.48. The summed E-state index contributed by atoms with van der Waals surface area (Å²) in [5, 5.41) is 12.6. The molecule has 0 amide bonds. The molecule has 1 aromatic heterocycles. The zero-order chi connectivity index (χ0) is 16.4. The van der Waals surface area contributed by atoms with Crippen molar-refractivity contribution in [3.63, 3.8) is 0 Å². The molecule has 0 radical (unpaired) electrons. The number of halogens is 1. The molecule has 6 nitrogen and oxygen atoms in total. The van der Waals surface area contributed by atoms with Crippen molar-refractivity contribution in [2.24, 2.45) is 0 Å². The van der Waals surface area contributed by atoms with E-state index in [4.69, 9.17) is 9.78 Å². The van der Waals surface area contributed by atoms with Crippen LogP contribution in [0.4, 0.5) is 4.39 Å². The third kappa shape index (κ3) is 3.38. The number of aryl methyl sites for hydroxylation is 1. The van der Waals surface area contributed by atoms with Gasteiger partial charge in [0.05, 0.1) is 5.56 Å². The van der Waals surface area contributed by atoms with Crippen molar-refractivity contribution >= 4 is 0 Å². The van der Waals surface area contributed by atoms with Gasteiger partial charge in [-0.15, -0.1) is 0 Å². The molecule has 0 aliphatic carbocycles. The fourth-order valence-corrected chi connectivity index (χ4v) is 2.79. The lowest BCUT2D eigenvalue weighted by molar-refractivity contribution is 0.0714. The van der Waals surface area contributed by atoms with Crippen LogP contribution in [0.1, 0.15) is 28.9 Å². The summed E-state index contributed by atoms with van der Waals surface area (Å²) >= 11 is 0. The van der Waals surface area contributed by atoms with Crippen molar-refractivity contribution in [1.29, 1.82) is 5.26 Å². The Balaban J connectivity index is 1.71. The average Bonchev–Trinajstić information content (AvgIpc) is 2.96. The summed E-state index contributed by atoms with van der Waals surface area (Å²) < 4.78 is 19.0. The quantitative estimate of drug-likeness (QED) is 0.861. The van der Waals surface area contributed by atoms with Crippen LogP contribution in [-0.2, 0) is 6.54 Å². The van der Waals surface area contributed by atoms with Crippen molar-refractivity contribution in [2.45, 2.75) is 19.5 Å². The first kappa shape index (κ1) is 15.6. The Hall–Kier alpha value is -2.30. The monoisotopic (exact) mass is 315 g/mol. The Labute approximate surface area is 134 Å². The molecule has 1 atom stereocenters. The molecule has 0 bridgehead atoms. The molecular weight excluding hydrogens is 297 g/mol. The highest BCUT2D eigenvalue weighted by Gasteiger charge is 2.29. The van der Waals surface area contributed by atoms with E-state index in [2.05, 4.69) is 19.9 Å². The van der Waals surface area contributed by atoms with E-state index in [9.17, 15) is 4.39 Å². The highest BCUT2D eigenvalue weighted by Crippen LogP contribution is 2.24.